The van der Waals surface area contributed by atoms with Gasteiger partial charge in [0.25, 0.3) is 0 Å². The maximum atomic E-state index is 9.99. The predicted octanol–water partition coefficient (Wildman–Crippen LogP) is 5.50. The van der Waals surface area contributed by atoms with Crippen LogP contribution in [0.5, 0.6) is 0 Å². The lowest BCUT2D eigenvalue weighted by atomic mass is 9.90. The SMILES string of the molecule is CSc1nc(-c2ccc(C)cc2)c(C#N)c(N2CCC(Cc3ccccc3)CC2)n1. The van der Waals surface area contributed by atoms with Crippen molar-refractivity contribution in [2.45, 2.75) is 31.3 Å². The van der Waals surface area contributed by atoms with Gasteiger partial charge in [-0.2, -0.15) is 5.26 Å². The van der Waals surface area contributed by atoms with E-state index in [1.165, 1.54) is 22.9 Å². The van der Waals surface area contributed by atoms with Gasteiger partial charge in [0.15, 0.2) is 11.0 Å². The van der Waals surface area contributed by atoms with Crippen LogP contribution < -0.4 is 4.90 Å². The van der Waals surface area contributed by atoms with Crippen LogP contribution in [-0.4, -0.2) is 29.3 Å². The fraction of sp³-hybridized carbons (Fsp3) is 0.320. The van der Waals surface area contributed by atoms with Gasteiger partial charge in [-0.15, -0.1) is 0 Å². The summed E-state index contributed by atoms with van der Waals surface area (Å²) in [5.41, 5.74) is 4.88. The van der Waals surface area contributed by atoms with Crippen LogP contribution in [0, 0.1) is 24.2 Å². The Morgan fingerprint density at radius 3 is 2.37 bits per heavy atom. The molecule has 0 aliphatic carbocycles. The number of rotatable bonds is 5. The van der Waals surface area contributed by atoms with Crippen LogP contribution in [0.15, 0.2) is 59.8 Å². The standard InChI is InChI=1S/C25H26N4S/c1-18-8-10-21(11-9-18)23-22(17-26)24(28-25(27-23)30-2)29-14-12-20(13-15-29)16-19-6-4-3-5-7-19/h3-11,20H,12-16H2,1-2H3. The third-order valence-electron chi connectivity index (χ3n) is 5.77. The van der Waals surface area contributed by atoms with Gasteiger partial charge in [-0.1, -0.05) is 71.9 Å². The molecule has 0 saturated carbocycles. The lowest BCUT2D eigenvalue weighted by Crippen LogP contribution is -2.35. The van der Waals surface area contributed by atoms with Gasteiger partial charge in [-0.3, -0.25) is 0 Å². The van der Waals surface area contributed by atoms with Crippen molar-refractivity contribution in [3.05, 3.63) is 71.3 Å². The molecule has 2 aromatic carbocycles. The minimum Gasteiger partial charge on any atom is -0.355 e. The Morgan fingerprint density at radius 1 is 1.03 bits per heavy atom. The molecule has 3 aromatic rings. The summed E-state index contributed by atoms with van der Waals surface area (Å²) in [7, 11) is 0. The third-order valence-corrected chi connectivity index (χ3v) is 6.32. The van der Waals surface area contributed by atoms with Crippen LogP contribution in [-0.2, 0) is 6.42 Å². The lowest BCUT2D eigenvalue weighted by Gasteiger charge is -2.33. The minimum absolute atomic E-state index is 0.582. The molecule has 0 N–H and O–H groups in total. The highest BCUT2D eigenvalue weighted by molar-refractivity contribution is 7.98. The van der Waals surface area contributed by atoms with Crippen molar-refractivity contribution in [3.8, 4) is 17.3 Å². The second kappa shape index (κ2) is 9.32. The second-order valence-corrected chi connectivity index (χ2v) is 8.63. The van der Waals surface area contributed by atoms with E-state index in [9.17, 15) is 5.26 Å². The molecule has 152 valence electrons. The van der Waals surface area contributed by atoms with Crippen LogP contribution in [0.25, 0.3) is 11.3 Å². The Bertz CT molecular complexity index is 1030. The zero-order valence-electron chi connectivity index (χ0n) is 17.5. The summed E-state index contributed by atoms with van der Waals surface area (Å²) in [6.45, 7) is 3.90. The first-order valence-corrected chi connectivity index (χ1v) is 11.6. The zero-order chi connectivity index (χ0) is 20.9. The number of anilines is 1. The van der Waals surface area contributed by atoms with Gasteiger partial charge in [0.2, 0.25) is 0 Å². The molecule has 1 aliphatic heterocycles. The summed E-state index contributed by atoms with van der Waals surface area (Å²) < 4.78 is 0. The Balaban J connectivity index is 1.59. The largest absolute Gasteiger partial charge is 0.355 e. The molecule has 1 aromatic heterocycles. The van der Waals surface area contributed by atoms with E-state index in [1.54, 1.807) is 0 Å². The van der Waals surface area contributed by atoms with Crippen molar-refractivity contribution in [3.63, 3.8) is 0 Å². The molecule has 2 heterocycles. The minimum atomic E-state index is 0.582. The van der Waals surface area contributed by atoms with Crippen molar-refractivity contribution in [1.29, 1.82) is 5.26 Å². The summed E-state index contributed by atoms with van der Waals surface area (Å²) in [6, 6.07) is 21.3. The van der Waals surface area contributed by atoms with E-state index in [0.717, 1.165) is 49.4 Å². The van der Waals surface area contributed by atoms with E-state index in [-0.39, 0.29) is 0 Å². The van der Waals surface area contributed by atoms with Crippen LogP contribution in [0.1, 0.15) is 29.5 Å². The molecule has 1 saturated heterocycles. The number of benzene rings is 2. The van der Waals surface area contributed by atoms with E-state index in [4.69, 9.17) is 9.97 Å². The average Bonchev–Trinajstić information content (AvgIpc) is 2.80. The first kappa shape index (κ1) is 20.4. The van der Waals surface area contributed by atoms with E-state index in [2.05, 4.69) is 60.4 Å². The molecule has 0 amide bonds. The summed E-state index contributed by atoms with van der Waals surface area (Å²) in [6.07, 6.45) is 5.32. The van der Waals surface area contributed by atoms with Gasteiger partial charge in [-0.05, 0) is 43.9 Å². The molecule has 4 rings (SSSR count). The number of piperidine rings is 1. The molecular weight excluding hydrogens is 388 g/mol. The highest BCUT2D eigenvalue weighted by Gasteiger charge is 2.25. The smallest absolute Gasteiger partial charge is 0.189 e. The number of hydrogen-bond acceptors (Lipinski definition) is 5. The molecule has 5 heteroatoms. The van der Waals surface area contributed by atoms with E-state index >= 15 is 0 Å². The molecule has 4 nitrogen and oxygen atoms in total. The number of aryl methyl sites for hydroxylation is 1. The Morgan fingerprint density at radius 2 is 1.73 bits per heavy atom. The molecule has 0 atom stereocenters. The first-order chi connectivity index (χ1) is 14.7. The molecular formula is C25H26N4S. The highest BCUT2D eigenvalue weighted by Crippen LogP contribution is 2.33. The number of nitriles is 1. The van der Waals surface area contributed by atoms with E-state index in [1.807, 2.05) is 18.4 Å². The highest BCUT2D eigenvalue weighted by atomic mass is 32.2. The fourth-order valence-electron chi connectivity index (χ4n) is 4.07. The number of aromatic nitrogens is 2. The molecule has 0 spiro atoms. The molecule has 1 fully saturated rings. The molecule has 1 aliphatic rings. The van der Waals surface area contributed by atoms with Crippen LogP contribution >= 0.6 is 11.8 Å². The topological polar surface area (TPSA) is 52.8 Å². The van der Waals surface area contributed by atoms with Gasteiger partial charge in [-0.25, -0.2) is 9.97 Å². The number of nitrogens with zero attached hydrogens (tertiary/aromatic N) is 4. The summed E-state index contributed by atoms with van der Waals surface area (Å²) in [5.74, 6) is 1.46. The van der Waals surface area contributed by atoms with Gasteiger partial charge in [0.05, 0.1) is 5.69 Å². The van der Waals surface area contributed by atoms with Gasteiger partial charge in [0.1, 0.15) is 11.6 Å². The van der Waals surface area contributed by atoms with Crippen molar-refractivity contribution in [2.24, 2.45) is 5.92 Å². The number of hydrogen-bond donors (Lipinski definition) is 0. The number of thioether (sulfide) groups is 1. The average molecular weight is 415 g/mol. The summed E-state index contributed by atoms with van der Waals surface area (Å²) in [5, 5.41) is 10.7. The summed E-state index contributed by atoms with van der Waals surface area (Å²) >= 11 is 1.52. The summed E-state index contributed by atoms with van der Waals surface area (Å²) in [4.78, 5) is 11.7. The molecule has 0 bridgehead atoms. The molecule has 30 heavy (non-hydrogen) atoms. The Kier molecular flexibility index (Phi) is 6.35. The Labute approximate surface area is 183 Å². The normalized spacial score (nSPS) is 14.5. The predicted molar refractivity (Wildman–Crippen MR) is 124 cm³/mol. The van der Waals surface area contributed by atoms with Crippen molar-refractivity contribution in [2.75, 3.05) is 24.2 Å². The monoisotopic (exact) mass is 414 g/mol. The fourth-order valence-corrected chi connectivity index (χ4v) is 4.43. The molecule has 0 unspecified atom stereocenters. The van der Waals surface area contributed by atoms with Crippen LogP contribution in [0.4, 0.5) is 5.82 Å². The third kappa shape index (κ3) is 4.49. The van der Waals surface area contributed by atoms with Gasteiger partial charge < -0.3 is 4.90 Å². The molecule has 0 radical (unpaired) electrons. The quantitative estimate of drug-likeness (QED) is 0.407. The van der Waals surface area contributed by atoms with Crippen LogP contribution in [0.3, 0.4) is 0 Å². The first-order valence-electron chi connectivity index (χ1n) is 10.4. The van der Waals surface area contributed by atoms with Gasteiger partial charge >= 0.3 is 0 Å². The lowest BCUT2D eigenvalue weighted by molar-refractivity contribution is 0.401. The van der Waals surface area contributed by atoms with E-state index < -0.39 is 0 Å². The van der Waals surface area contributed by atoms with Crippen molar-refractivity contribution in [1.82, 2.24) is 9.97 Å². The van der Waals surface area contributed by atoms with Gasteiger partial charge in [0, 0.05) is 18.7 Å². The Hall–Kier alpha value is -2.84. The zero-order valence-corrected chi connectivity index (χ0v) is 18.3. The van der Waals surface area contributed by atoms with Crippen molar-refractivity contribution >= 4 is 17.6 Å². The maximum Gasteiger partial charge on any atom is 0.189 e. The second-order valence-electron chi connectivity index (χ2n) is 7.86. The maximum absolute atomic E-state index is 9.99. The van der Waals surface area contributed by atoms with Crippen LogP contribution in [0.2, 0.25) is 0 Å². The van der Waals surface area contributed by atoms with E-state index in [0.29, 0.717) is 16.6 Å². The van der Waals surface area contributed by atoms with Crippen molar-refractivity contribution < 1.29 is 0 Å².